The zero-order valence-corrected chi connectivity index (χ0v) is 18.1. The molecule has 2 heterocycles. The Labute approximate surface area is 191 Å². The fourth-order valence-corrected chi connectivity index (χ4v) is 8.16. The van der Waals surface area contributed by atoms with E-state index in [0.717, 1.165) is 51.7 Å². The highest BCUT2D eigenvalue weighted by atomic mass is 16.5. The molecule has 5 atom stereocenters. The summed E-state index contributed by atoms with van der Waals surface area (Å²) in [5.74, 6) is 5.61. The number of benzene rings is 1. The maximum Gasteiger partial charge on any atom is 0.187 e. The number of nitrogens with zero attached hydrogens (tertiary/aromatic N) is 3. The number of hydrogen-bond acceptors (Lipinski definition) is 5. The van der Waals surface area contributed by atoms with Crippen LogP contribution in [0.5, 0.6) is 11.5 Å². The van der Waals surface area contributed by atoms with E-state index >= 15 is 0 Å². The summed E-state index contributed by atoms with van der Waals surface area (Å²) in [7, 11) is 0. The van der Waals surface area contributed by atoms with Crippen molar-refractivity contribution < 1.29 is 4.74 Å². The van der Waals surface area contributed by atoms with Crippen LogP contribution in [-0.2, 0) is 5.41 Å². The summed E-state index contributed by atoms with van der Waals surface area (Å²) in [6, 6.07) is 19.2. The molecule has 6 nitrogen and oxygen atoms in total. The molecule has 5 unspecified atom stereocenters. The van der Waals surface area contributed by atoms with Crippen molar-refractivity contribution >= 4 is 16.9 Å². The van der Waals surface area contributed by atoms with E-state index in [0.29, 0.717) is 16.9 Å². The number of nitrogens with two attached hydrogens (primary N) is 1. The first-order valence-electron chi connectivity index (χ1n) is 11.8. The maximum atomic E-state index is 6.28. The van der Waals surface area contributed by atoms with Gasteiger partial charge in [0.05, 0.1) is 11.1 Å². The van der Waals surface area contributed by atoms with E-state index in [1.54, 1.807) is 12.1 Å². The second kappa shape index (κ2) is 5.85. The molecular weight excluding hydrogens is 410 g/mol. The Morgan fingerprint density at radius 2 is 1.88 bits per heavy atom. The molecule has 1 spiro atoms. The van der Waals surface area contributed by atoms with Crippen LogP contribution in [0.15, 0.2) is 42.5 Å². The fourth-order valence-electron chi connectivity index (χ4n) is 8.16. The predicted octanol–water partition coefficient (Wildman–Crippen LogP) is 5.07. The first-order valence-corrected chi connectivity index (χ1v) is 11.8. The van der Waals surface area contributed by atoms with Gasteiger partial charge in [-0.25, -0.2) is 9.97 Å². The molecule has 4 aliphatic carbocycles. The third kappa shape index (κ3) is 2.09. The molecule has 4 saturated carbocycles. The van der Waals surface area contributed by atoms with Crippen LogP contribution in [-0.4, -0.2) is 20.2 Å². The van der Waals surface area contributed by atoms with E-state index in [4.69, 9.17) is 20.4 Å². The molecule has 4 aliphatic rings. The molecule has 0 saturated heterocycles. The van der Waals surface area contributed by atoms with E-state index in [1.807, 2.05) is 30.3 Å². The number of anilines is 1. The van der Waals surface area contributed by atoms with Gasteiger partial charge in [0.2, 0.25) is 0 Å². The summed E-state index contributed by atoms with van der Waals surface area (Å²) in [5.41, 5.74) is 9.43. The van der Waals surface area contributed by atoms with Crippen LogP contribution in [0.3, 0.4) is 0 Å². The van der Waals surface area contributed by atoms with Crippen LogP contribution in [0.1, 0.15) is 37.9 Å². The number of fused-ring (bicyclic) bond motifs is 2. The largest absolute Gasteiger partial charge is 0.457 e. The number of H-pyrrole nitrogens is 1. The minimum atomic E-state index is 0.143. The Morgan fingerprint density at radius 1 is 0.970 bits per heavy atom. The molecule has 2 aromatic heterocycles. The van der Waals surface area contributed by atoms with Crippen molar-refractivity contribution in [1.29, 1.82) is 0 Å². The van der Waals surface area contributed by atoms with Crippen LogP contribution in [0.4, 0.5) is 5.82 Å². The van der Waals surface area contributed by atoms with E-state index in [2.05, 4.69) is 22.3 Å². The van der Waals surface area contributed by atoms with Gasteiger partial charge in [-0.05, 0) is 91.7 Å². The average Bonchev–Trinajstić information content (AvgIpc) is 3.47. The number of hydrogen-bond donors (Lipinski definition) is 2. The molecule has 3 N–H and O–H groups in total. The third-order valence-corrected chi connectivity index (χ3v) is 9.25. The van der Waals surface area contributed by atoms with Crippen molar-refractivity contribution in [3.05, 3.63) is 60.4 Å². The van der Waals surface area contributed by atoms with Gasteiger partial charge in [-0.3, -0.25) is 5.10 Å². The summed E-state index contributed by atoms with van der Waals surface area (Å²) in [6.45, 7) is 0. The number of nitrogen functional groups attached to an aromatic ring is 1. The lowest BCUT2D eigenvalue weighted by Crippen LogP contribution is -2.69. The molecular formula is C27H23N5O. The summed E-state index contributed by atoms with van der Waals surface area (Å²) in [4.78, 5) is 10.3. The summed E-state index contributed by atoms with van der Waals surface area (Å²) in [6.07, 6.45) is 6.69. The first kappa shape index (κ1) is 17.9. The minimum Gasteiger partial charge on any atom is -0.457 e. The second-order valence-electron chi connectivity index (χ2n) is 10.5. The molecule has 8 rings (SSSR count). The Kier molecular flexibility index (Phi) is 3.17. The highest BCUT2D eigenvalue weighted by Crippen LogP contribution is 2.86. The zero-order valence-electron chi connectivity index (χ0n) is 18.1. The molecule has 6 heteroatoms. The van der Waals surface area contributed by atoms with Gasteiger partial charge in [0.25, 0.3) is 0 Å². The first-order chi connectivity index (χ1) is 16.2. The van der Waals surface area contributed by atoms with E-state index in [9.17, 15) is 0 Å². The van der Waals surface area contributed by atoms with Crippen LogP contribution < -0.4 is 10.5 Å². The number of ether oxygens (including phenoxy) is 1. The van der Waals surface area contributed by atoms with Crippen LogP contribution >= 0.6 is 0 Å². The van der Waals surface area contributed by atoms with Gasteiger partial charge in [0.1, 0.15) is 23.1 Å². The maximum absolute atomic E-state index is 6.28. The van der Waals surface area contributed by atoms with Crippen molar-refractivity contribution in [2.24, 2.45) is 23.2 Å². The molecule has 4 aromatic rings. The summed E-state index contributed by atoms with van der Waals surface area (Å²) in [5, 5.41) is 8.19. The van der Waals surface area contributed by atoms with Gasteiger partial charge in [0, 0.05) is 17.0 Å². The predicted molar refractivity (Wildman–Crippen MR) is 123 cm³/mol. The molecule has 33 heavy (non-hydrogen) atoms. The molecule has 162 valence electrons. The van der Waals surface area contributed by atoms with Crippen molar-refractivity contribution in [1.82, 2.24) is 20.2 Å². The number of aromatic amines is 1. The summed E-state index contributed by atoms with van der Waals surface area (Å²) >= 11 is 0. The number of nitrogens with one attached hydrogen (secondary N) is 1. The van der Waals surface area contributed by atoms with Gasteiger partial charge in [-0.1, -0.05) is 12.1 Å². The Bertz CT molecular complexity index is 1410. The third-order valence-electron chi connectivity index (χ3n) is 9.25. The van der Waals surface area contributed by atoms with Gasteiger partial charge in [-0.15, -0.1) is 0 Å². The van der Waals surface area contributed by atoms with Crippen molar-refractivity contribution in [2.75, 3.05) is 5.73 Å². The van der Waals surface area contributed by atoms with Gasteiger partial charge < -0.3 is 10.5 Å². The highest BCUT2D eigenvalue weighted by molar-refractivity contribution is 5.98. The van der Waals surface area contributed by atoms with E-state index < -0.39 is 0 Å². The lowest BCUT2D eigenvalue weighted by molar-refractivity contribution is -0.201. The van der Waals surface area contributed by atoms with Crippen LogP contribution in [0.2, 0.25) is 0 Å². The average molecular weight is 434 g/mol. The SMILES string of the molecule is Nc1[nH]nc2nc(C34CC5CC6CC(C3)C64C5)nc(-c3ccc(Oc4cc#ccc4)cc3)c12. The Hall–Kier alpha value is -3.59. The van der Waals surface area contributed by atoms with Crippen molar-refractivity contribution in [3.8, 4) is 22.8 Å². The highest BCUT2D eigenvalue weighted by Gasteiger charge is 2.81. The second-order valence-corrected chi connectivity index (χ2v) is 10.5. The molecule has 4 fully saturated rings. The van der Waals surface area contributed by atoms with Crippen molar-refractivity contribution in [3.63, 3.8) is 0 Å². The quantitative estimate of drug-likeness (QED) is 0.469. The molecule has 0 amide bonds. The lowest BCUT2D eigenvalue weighted by Gasteiger charge is -2.72. The van der Waals surface area contributed by atoms with Crippen LogP contribution in [0.25, 0.3) is 22.3 Å². The Balaban J connectivity index is 1.23. The van der Waals surface area contributed by atoms with Crippen molar-refractivity contribution in [2.45, 2.75) is 37.5 Å². The number of rotatable bonds is 4. The normalized spacial score (nSPS) is 32.7. The smallest absolute Gasteiger partial charge is 0.187 e. The topological polar surface area (TPSA) is 89.7 Å². The zero-order chi connectivity index (χ0) is 21.8. The van der Waals surface area contributed by atoms with Crippen LogP contribution in [0, 0.1) is 35.3 Å². The van der Waals surface area contributed by atoms with E-state index in [-0.39, 0.29) is 5.41 Å². The molecule has 2 bridgehead atoms. The standard InChI is InChI=1S/C27H23N5O/c28-23-21-22(16-6-8-20(9-7-16)33-19-4-2-1-3-5-19)29-25(30-24(21)32-31-23)26-12-15-10-17-11-18(14-26)27(17,26)13-15/h2,4-9,15,17-18H,10-14H2,(H3,28,29,30,31,32). The Morgan fingerprint density at radius 3 is 2.67 bits per heavy atom. The fraction of sp³-hybridized carbons (Fsp3) is 0.370. The molecule has 0 aliphatic heterocycles. The monoisotopic (exact) mass is 433 g/mol. The van der Waals surface area contributed by atoms with Gasteiger partial charge in [-0.2, -0.15) is 5.10 Å². The van der Waals surface area contributed by atoms with Gasteiger partial charge in [0.15, 0.2) is 5.65 Å². The minimum absolute atomic E-state index is 0.143. The lowest BCUT2D eigenvalue weighted by atomic mass is 9.32. The summed E-state index contributed by atoms with van der Waals surface area (Å²) < 4.78 is 5.93. The van der Waals surface area contributed by atoms with Gasteiger partial charge >= 0.3 is 0 Å². The number of aromatic nitrogens is 4. The molecule has 2 aromatic carbocycles. The molecule has 0 radical (unpaired) electrons. The van der Waals surface area contributed by atoms with E-state index in [1.165, 1.54) is 32.1 Å².